The van der Waals surface area contributed by atoms with E-state index >= 15 is 17.6 Å². The number of hydrogen-bond donors (Lipinski definition) is 0. The highest BCUT2D eigenvalue weighted by atomic mass is 19.1. The molecule has 0 heterocycles. The lowest BCUT2D eigenvalue weighted by Crippen LogP contribution is -2.20. The van der Waals surface area contributed by atoms with Gasteiger partial charge in [0.15, 0.2) is 17.2 Å². The molecule has 5 rings (SSSR count). The Morgan fingerprint density at radius 1 is 0.383 bits per heavy atom. The van der Waals surface area contributed by atoms with Crippen LogP contribution in [0.15, 0.2) is 70.8 Å². The van der Waals surface area contributed by atoms with Crippen LogP contribution in [-0.4, -0.2) is 0 Å². The van der Waals surface area contributed by atoms with Crippen molar-refractivity contribution in [2.24, 2.45) is 0 Å². The van der Waals surface area contributed by atoms with Gasteiger partial charge in [0.25, 0.3) is 0 Å². The minimum atomic E-state index is -1.27. The summed E-state index contributed by atoms with van der Waals surface area (Å²) >= 11 is 0. The van der Waals surface area contributed by atoms with Crippen LogP contribution in [-0.2, 0) is 0 Å². The molecule has 0 bridgehead atoms. The van der Waals surface area contributed by atoms with Gasteiger partial charge >= 0.3 is 0 Å². The van der Waals surface area contributed by atoms with E-state index in [0.717, 1.165) is 48.5 Å². The standard InChI is InChI=1S/C44H8F4N12/c1-55-31-11-22(9-27(17-51)40(31)46)30(20-54)36-35(29(19-53)21-7-25(15-49)39(45)26(8-21)16-50)37(43(59-5)23-10-28(18-52)41(47)32(12-23)56-2)38(36)44(60-6)24-13-33(57-3)42(48)34(14-24)58-4/h7-14H/b35-29+,36-30-,43-37-,44-38+. The summed E-state index contributed by atoms with van der Waals surface area (Å²) in [4.78, 5) is 19.4. The van der Waals surface area contributed by atoms with Gasteiger partial charge in [-0.1, -0.05) is 18.2 Å². The first-order valence-electron chi connectivity index (χ1n) is 15.9. The fourth-order valence-electron chi connectivity index (χ4n) is 6.12. The maximum atomic E-state index is 15.1. The lowest BCUT2D eigenvalue weighted by atomic mass is 9.66. The largest absolute Gasteiger partial charge is 0.237 e. The lowest BCUT2D eigenvalue weighted by molar-refractivity contribution is 0.620. The highest BCUT2D eigenvalue weighted by molar-refractivity contribution is 6.11. The molecule has 0 aliphatic heterocycles. The molecule has 0 N–H and O–H groups in total. The fourth-order valence-corrected chi connectivity index (χ4v) is 6.12. The van der Waals surface area contributed by atoms with Crippen LogP contribution < -0.4 is 0 Å². The first-order chi connectivity index (χ1) is 28.9. The summed E-state index contributed by atoms with van der Waals surface area (Å²) in [7, 11) is 0. The van der Waals surface area contributed by atoms with Crippen LogP contribution >= 0.6 is 0 Å². The second-order valence-electron chi connectivity index (χ2n) is 11.7. The van der Waals surface area contributed by atoms with Crippen molar-refractivity contribution in [1.82, 2.24) is 0 Å². The van der Waals surface area contributed by atoms with Crippen LogP contribution in [0.4, 0.5) is 40.3 Å². The topological polar surface area (TPSA) is 169 Å². The number of halogens is 4. The summed E-state index contributed by atoms with van der Waals surface area (Å²) in [5.74, 6) is -5.06. The number of benzene rings is 4. The molecule has 0 radical (unpaired) electrons. The molecule has 0 atom stereocenters. The highest BCUT2D eigenvalue weighted by Gasteiger charge is 2.42. The third kappa shape index (κ3) is 6.50. The molecular formula is C44H8F4N12. The molecular weight excluding hydrogens is 773 g/mol. The molecule has 60 heavy (non-hydrogen) atoms. The molecule has 4 aromatic carbocycles. The molecule has 0 unspecified atom stereocenters. The SMILES string of the molecule is [C-]#[N+]/C(=C1/C(=C(\C#N)c2cc(C#N)c(F)c(C#N)c2)C(=C(\C#N)c2cc(C#N)c(F)c([N+]#[C-])c2)/C1=C(\[N+]#[C-])c1cc([N+]#[C-])c(F)c([N+]#[C-])c1)c1cc(C#N)c(F)c([N+]#[C-])c1. The second kappa shape index (κ2) is 16.4. The maximum Gasteiger partial charge on any atom is 0.224 e. The monoisotopic (exact) mass is 780 g/mol. The Morgan fingerprint density at radius 2 is 0.667 bits per heavy atom. The van der Waals surface area contributed by atoms with E-state index < -0.39 is 113 Å². The maximum absolute atomic E-state index is 15.1. The zero-order chi connectivity index (χ0) is 44.0. The van der Waals surface area contributed by atoms with Crippen LogP contribution in [0.2, 0.25) is 0 Å². The average molecular weight is 781 g/mol. The van der Waals surface area contributed by atoms with Gasteiger partial charge in [-0.3, -0.25) is 0 Å². The summed E-state index contributed by atoms with van der Waals surface area (Å²) in [5.41, 5.74) is -11.8. The van der Waals surface area contributed by atoms with Crippen molar-refractivity contribution in [2.75, 3.05) is 0 Å². The van der Waals surface area contributed by atoms with Crippen molar-refractivity contribution in [3.63, 3.8) is 0 Å². The molecule has 4 aromatic rings. The van der Waals surface area contributed by atoms with E-state index in [4.69, 9.17) is 39.4 Å². The number of nitrogens with zero attached hydrogens (tertiary/aromatic N) is 12. The number of hydrogen-bond acceptors (Lipinski definition) is 6. The van der Waals surface area contributed by atoms with Crippen molar-refractivity contribution in [3.8, 4) is 36.4 Å². The van der Waals surface area contributed by atoms with Gasteiger partial charge in [-0.25, -0.2) is 46.6 Å². The minimum absolute atomic E-state index is 0.356. The normalized spacial score (nSPS) is 14.3. The quantitative estimate of drug-likeness (QED) is 0.113. The van der Waals surface area contributed by atoms with Crippen molar-refractivity contribution >= 4 is 45.3 Å². The van der Waals surface area contributed by atoms with Gasteiger partial charge in [-0.2, -0.15) is 31.6 Å². The molecule has 1 fully saturated rings. The fraction of sp³-hybridized carbons (Fsp3) is 0. The van der Waals surface area contributed by atoms with Crippen molar-refractivity contribution in [3.05, 3.63) is 207 Å². The molecule has 0 saturated heterocycles. The molecule has 12 nitrogen and oxygen atoms in total. The Bertz CT molecular complexity index is 2780. The number of nitriles is 6. The smallest absolute Gasteiger partial charge is 0.224 e. The zero-order valence-corrected chi connectivity index (χ0v) is 29.5. The van der Waals surface area contributed by atoms with E-state index in [-0.39, 0.29) is 22.3 Å². The molecule has 1 aliphatic carbocycles. The Labute approximate surface area is 337 Å². The molecule has 16 heteroatoms. The van der Waals surface area contributed by atoms with Gasteiger partial charge in [0.05, 0.1) is 72.8 Å². The first kappa shape index (κ1) is 40.6. The van der Waals surface area contributed by atoms with Crippen molar-refractivity contribution in [1.29, 1.82) is 31.6 Å². The van der Waals surface area contributed by atoms with Crippen molar-refractivity contribution in [2.45, 2.75) is 0 Å². The number of rotatable bonds is 4. The van der Waals surface area contributed by atoms with Gasteiger partial charge < -0.3 is 0 Å². The van der Waals surface area contributed by atoms with Crippen LogP contribution in [0, 0.1) is 131 Å². The van der Waals surface area contributed by atoms with Gasteiger partial charge in [0.1, 0.15) is 53.9 Å². The van der Waals surface area contributed by atoms with Gasteiger partial charge in [0.2, 0.25) is 22.7 Å². The first-order valence-corrected chi connectivity index (χ1v) is 15.9. The second-order valence-corrected chi connectivity index (χ2v) is 11.7. The molecule has 0 amide bonds. The van der Waals surface area contributed by atoms with Crippen LogP contribution in [0.25, 0.3) is 51.6 Å². The molecule has 0 spiro atoms. The van der Waals surface area contributed by atoms with Crippen molar-refractivity contribution < 1.29 is 17.6 Å². The van der Waals surface area contributed by atoms with E-state index in [1.807, 2.05) is 12.1 Å². The van der Waals surface area contributed by atoms with E-state index in [1.54, 1.807) is 24.3 Å². The Kier molecular flexibility index (Phi) is 11.1. The zero-order valence-electron chi connectivity index (χ0n) is 29.5. The minimum Gasteiger partial charge on any atom is -0.237 e. The van der Waals surface area contributed by atoms with E-state index in [9.17, 15) is 31.6 Å². The summed E-state index contributed by atoms with van der Waals surface area (Å²) in [6.07, 6.45) is 0. The third-order valence-electron chi connectivity index (χ3n) is 8.72. The molecule has 0 aromatic heterocycles. The Hall–Kier alpha value is -10.6. The summed E-state index contributed by atoms with van der Waals surface area (Å²) in [6.45, 7) is 46.7. The summed E-state index contributed by atoms with van der Waals surface area (Å²) in [6, 6.07) is 16.8. The molecule has 272 valence electrons. The predicted molar refractivity (Wildman–Crippen MR) is 202 cm³/mol. The van der Waals surface area contributed by atoms with E-state index in [1.165, 1.54) is 0 Å². The van der Waals surface area contributed by atoms with Crippen LogP contribution in [0.3, 0.4) is 0 Å². The molecule has 1 aliphatic rings. The Balaban J connectivity index is 2.23. The number of allylic oxidation sites excluding steroid dienone is 6. The molecule has 1 saturated carbocycles. The van der Waals surface area contributed by atoms with Gasteiger partial charge in [-0.15, -0.1) is 0 Å². The van der Waals surface area contributed by atoms with E-state index in [0.29, 0.717) is 0 Å². The lowest BCUT2D eigenvalue weighted by Gasteiger charge is -2.36. The Morgan fingerprint density at radius 3 is 0.983 bits per heavy atom. The van der Waals surface area contributed by atoms with Gasteiger partial charge in [-0.05, 0) is 74.9 Å². The van der Waals surface area contributed by atoms with E-state index in [2.05, 4.69) is 29.1 Å². The average Bonchev–Trinajstić information content (AvgIpc) is 3.27. The summed E-state index contributed by atoms with van der Waals surface area (Å²) < 4.78 is 60.3. The summed E-state index contributed by atoms with van der Waals surface area (Å²) in [5, 5.41) is 60.6. The predicted octanol–water partition coefficient (Wildman–Crippen LogP) is 10.9. The van der Waals surface area contributed by atoms with Crippen LogP contribution in [0.5, 0.6) is 0 Å². The highest BCUT2D eigenvalue weighted by Crippen LogP contribution is 2.57. The van der Waals surface area contributed by atoms with Crippen LogP contribution in [0.1, 0.15) is 44.5 Å². The third-order valence-corrected chi connectivity index (χ3v) is 8.72. The van der Waals surface area contributed by atoms with Gasteiger partial charge in [0, 0.05) is 0 Å².